The molecule has 7 nitrogen and oxygen atoms in total. The van der Waals surface area contributed by atoms with Gasteiger partial charge in [0.25, 0.3) is 0 Å². The zero-order valence-electron chi connectivity index (χ0n) is 21.1. The smallest absolute Gasteiger partial charge is 0.311 e. The molecule has 0 aliphatic heterocycles. The van der Waals surface area contributed by atoms with E-state index in [1.807, 2.05) is 64.1 Å². The van der Waals surface area contributed by atoms with E-state index in [9.17, 15) is 14.4 Å². The summed E-state index contributed by atoms with van der Waals surface area (Å²) in [6.45, 7) is 8.64. The van der Waals surface area contributed by atoms with Crippen molar-refractivity contribution in [1.29, 1.82) is 0 Å². The Balaban J connectivity index is 1.90. The standard InChI is InChI=1S/C28H36N2O5/c1-20(2)16-27(32)34-24-11-10-23(18-25(24)35-28(33)17-21(3)4)12-13-29-14-15-30-26(31)19-22-8-6-5-7-9-22/h5-11,13,18,20-21H,12,14-17,19H2,1-4H3,(H,30,31). The first-order valence-corrected chi connectivity index (χ1v) is 12.1. The van der Waals surface area contributed by atoms with Crippen LogP contribution in [-0.4, -0.2) is 37.1 Å². The highest BCUT2D eigenvalue weighted by Gasteiger charge is 2.16. The first-order valence-electron chi connectivity index (χ1n) is 12.1. The number of nitrogens with one attached hydrogen (secondary N) is 1. The first kappa shape index (κ1) is 27.8. The van der Waals surface area contributed by atoms with E-state index < -0.39 is 0 Å². The van der Waals surface area contributed by atoms with Crippen LogP contribution in [0.2, 0.25) is 0 Å². The second-order valence-corrected chi connectivity index (χ2v) is 9.23. The molecule has 0 unspecified atom stereocenters. The maximum absolute atomic E-state index is 12.2. The Morgan fingerprint density at radius 2 is 1.49 bits per heavy atom. The minimum Gasteiger partial charge on any atom is -0.423 e. The normalized spacial score (nSPS) is 11.1. The zero-order chi connectivity index (χ0) is 25.6. The molecule has 2 aromatic rings. The molecule has 0 heterocycles. The highest BCUT2D eigenvalue weighted by molar-refractivity contribution is 5.78. The van der Waals surface area contributed by atoms with Crippen molar-refractivity contribution >= 4 is 24.1 Å². The van der Waals surface area contributed by atoms with Crippen LogP contribution in [0.4, 0.5) is 0 Å². The lowest BCUT2D eigenvalue weighted by atomic mass is 10.1. The number of carbonyl (C=O) groups is 3. The molecule has 2 aromatic carbocycles. The minimum atomic E-state index is -0.377. The highest BCUT2D eigenvalue weighted by Crippen LogP contribution is 2.30. The van der Waals surface area contributed by atoms with Gasteiger partial charge in [-0.05, 0) is 35.1 Å². The largest absolute Gasteiger partial charge is 0.423 e. The molecule has 0 spiro atoms. The van der Waals surface area contributed by atoms with Crippen LogP contribution < -0.4 is 14.8 Å². The number of hydrogen-bond acceptors (Lipinski definition) is 6. The van der Waals surface area contributed by atoms with Gasteiger partial charge in [-0.1, -0.05) is 64.1 Å². The van der Waals surface area contributed by atoms with Gasteiger partial charge in [-0.3, -0.25) is 19.4 Å². The van der Waals surface area contributed by atoms with Crippen LogP contribution in [0.1, 0.15) is 51.7 Å². The number of benzene rings is 2. The number of carbonyl (C=O) groups excluding carboxylic acids is 3. The molecule has 0 aromatic heterocycles. The third kappa shape index (κ3) is 11.5. The summed E-state index contributed by atoms with van der Waals surface area (Å²) in [5.74, 6) is -0.0164. The second kappa shape index (κ2) is 14.7. The van der Waals surface area contributed by atoms with Crippen LogP contribution in [0.15, 0.2) is 53.5 Å². The molecule has 1 N–H and O–H groups in total. The summed E-state index contributed by atoms with van der Waals surface area (Å²) in [6, 6.07) is 14.7. The van der Waals surface area contributed by atoms with Gasteiger partial charge in [-0.15, -0.1) is 0 Å². The topological polar surface area (TPSA) is 94.1 Å². The minimum absolute atomic E-state index is 0.0399. The highest BCUT2D eigenvalue weighted by atomic mass is 16.6. The summed E-state index contributed by atoms with van der Waals surface area (Å²) >= 11 is 0. The van der Waals surface area contributed by atoms with E-state index in [1.54, 1.807) is 18.3 Å². The van der Waals surface area contributed by atoms with Crippen molar-refractivity contribution < 1.29 is 23.9 Å². The average Bonchev–Trinajstić information content (AvgIpc) is 2.77. The monoisotopic (exact) mass is 480 g/mol. The number of aliphatic imine (C=N–C) groups is 1. The van der Waals surface area contributed by atoms with E-state index >= 15 is 0 Å². The fourth-order valence-electron chi connectivity index (χ4n) is 3.20. The number of nitrogens with zero attached hydrogens (tertiary/aromatic N) is 1. The molecule has 0 radical (unpaired) electrons. The third-order valence-electron chi connectivity index (χ3n) is 4.83. The molecule has 1 amide bonds. The van der Waals surface area contributed by atoms with Crippen LogP contribution in [0.25, 0.3) is 0 Å². The van der Waals surface area contributed by atoms with Gasteiger partial charge >= 0.3 is 11.9 Å². The lowest BCUT2D eigenvalue weighted by Gasteiger charge is -2.13. The molecule has 0 bridgehead atoms. The predicted octanol–water partition coefficient (Wildman–Crippen LogP) is 4.56. The van der Waals surface area contributed by atoms with Gasteiger partial charge in [0.2, 0.25) is 5.91 Å². The van der Waals surface area contributed by atoms with Gasteiger partial charge < -0.3 is 14.8 Å². The Labute approximate surface area is 207 Å². The summed E-state index contributed by atoms with van der Waals surface area (Å²) in [7, 11) is 0. The van der Waals surface area contributed by atoms with Gasteiger partial charge in [0.05, 0.1) is 13.0 Å². The van der Waals surface area contributed by atoms with Crippen LogP contribution >= 0.6 is 0 Å². The summed E-state index contributed by atoms with van der Waals surface area (Å²) < 4.78 is 11.0. The molecule has 0 fully saturated rings. The van der Waals surface area contributed by atoms with Crippen molar-refractivity contribution in [3.8, 4) is 11.5 Å². The molecule has 0 aliphatic rings. The second-order valence-electron chi connectivity index (χ2n) is 9.23. The lowest BCUT2D eigenvalue weighted by Crippen LogP contribution is -2.27. The Morgan fingerprint density at radius 1 is 0.857 bits per heavy atom. The fraction of sp³-hybridized carbons (Fsp3) is 0.429. The van der Waals surface area contributed by atoms with Crippen molar-refractivity contribution in [2.45, 2.75) is 53.4 Å². The van der Waals surface area contributed by atoms with Crippen LogP contribution in [0.5, 0.6) is 11.5 Å². The van der Waals surface area contributed by atoms with Gasteiger partial charge in [0.15, 0.2) is 11.5 Å². The average molecular weight is 481 g/mol. The molecule has 0 aliphatic carbocycles. The fourth-order valence-corrected chi connectivity index (χ4v) is 3.20. The van der Waals surface area contributed by atoms with Crippen molar-refractivity contribution in [2.75, 3.05) is 13.1 Å². The number of hydrogen-bond donors (Lipinski definition) is 1. The molecule has 188 valence electrons. The first-order chi connectivity index (χ1) is 16.7. The Morgan fingerprint density at radius 3 is 2.11 bits per heavy atom. The summed E-state index contributed by atoms with van der Waals surface area (Å²) in [6.07, 6.45) is 3.14. The van der Waals surface area contributed by atoms with Crippen LogP contribution in [-0.2, 0) is 27.2 Å². The van der Waals surface area contributed by atoms with E-state index in [0.29, 0.717) is 25.9 Å². The van der Waals surface area contributed by atoms with Gasteiger partial charge in [-0.25, -0.2) is 0 Å². The van der Waals surface area contributed by atoms with Gasteiger partial charge in [0.1, 0.15) is 0 Å². The molecule has 2 rings (SSSR count). The van der Waals surface area contributed by atoms with Crippen molar-refractivity contribution in [3.63, 3.8) is 0 Å². The zero-order valence-corrected chi connectivity index (χ0v) is 21.1. The van der Waals surface area contributed by atoms with E-state index in [1.165, 1.54) is 0 Å². The Hall–Kier alpha value is -3.48. The summed E-state index contributed by atoms with van der Waals surface area (Å²) in [5.41, 5.74) is 1.83. The third-order valence-corrected chi connectivity index (χ3v) is 4.83. The maximum atomic E-state index is 12.2. The number of amides is 1. The van der Waals surface area contributed by atoms with Crippen molar-refractivity contribution in [3.05, 3.63) is 59.7 Å². The van der Waals surface area contributed by atoms with Crippen molar-refractivity contribution in [2.24, 2.45) is 16.8 Å². The molecule has 0 saturated heterocycles. The Kier molecular flexibility index (Phi) is 11.7. The molecular formula is C28H36N2O5. The van der Waals surface area contributed by atoms with E-state index in [4.69, 9.17) is 9.47 Å². The summed E-state index contributed by atoms with van der Waals surface area (Å²) in [4.78, 5) is 40.7. The van der Waals surface area contributed by atoms with Crippen molar-refractivity contribution in [1.82, 2.24) is 5.32 Å². The Bertz CT molecular complexity index is 1000. The van der Waals surface area contributed by atoms with Crippen LogP contribution in [0.3, 0.4) is 0 Å². The number of esters is 2. The van der Waals surface area contributed by atoms with E-state index in [-0.39, 0.29) is 54.0 Å². The number of ether oxygens (including phenoxy) is 2. The molecule has 0 saturated carbocycles. The van der Waals surface area contributed by atoms with E-state index in [2.05, 4.69) is 10.3 Å². The molecular weight excluding hydrogens is 444 g/mol. The molecule has 35 heavy (non-hydrogen) atoms. The number of rotatable bonds is 13. The molecule has 0 atom stereocenters. The summed E-state index contributed by atoms with van der Waals surface area (Å²) in [5, 5.41) is 2.86. The lowest BCUT2D eigenvalue weighted by molar-refractivity contribution is -0.138. The maximum Gasteiger partial charge on any atom is 0.311 e. The van der Waals surface area contributed by atoms with Gasteiger partial charge in [0, 0.05) is 32.0 Å². The van der Waals surface area contributed by atoms with E-state index in [0.717, 1.165) is 11.1 Å². The predicted molar refractivity (Wildman–Crippen MR) is 137 cm³/mol. The van der Waals surface area contributed by atoms with Gasteiger partial charge in [-0.2, -0.15) is 0 Å². The quantitative estimate of drug-likeness (QED) is 0.196. The molecule has 7 heteroatoms. The SMILES string of the molecule is CC(C)CC(=O)Oc1ccc(CC=NCCNC(=O)Cc2ccccc2)cc1OC(=O)CC(C)C. The van der Waals surface area contributed by atoms with Crippen LogP contribution in [0, 0.1) is 11.8 Å².